The van der Waals surface area contributed by atoms with Gasteiger partial charge in [0.2, 0.25) is 5.91 Å². The second-order valence-corrected chi connectivity index (χ2v) is 4.52. The largest absolute Gasteiger partial charge is 0.409 e. The van der Waals surface area contributed by atoms with E-state index in [-0.39, 0.29) is 17.7 Å². The number of nitrogens with zero attached hydrogens (tertiary/aromatic N) is 1. The van der Waals surface area contributed by atoms with Gasteiger partial charge in [-0.25, -0.2) is 0 Å². The molecule has 0 saturated heterocycles. The monoisotopic (exact) mass is 230 g/mol. The summed E-state index contributed by atoms with van der Waals surface area (Å²) < 4.78 is 0. The molecule has 0 rings (SSSR count). The second-order valence-electron chi connectivity index (χ2n) is 4.52. The molecule has 0 aromatic heterocycles. The predicted octanol–water partition coefficient (Wildman–Crippen LogP) is -0.269. The van der Waals surface area contributed by atoms with Gasteiger partial charge in [-0.05, 0) is 13.8 Å². The number of nitrogens with two attached hydrogens (primary N) is 1. The summed E-state index contributed by atoms with van der Waals surface area (Å²) in [7, 11) is 1.61. The number of nitrogens with one attached hydrogen (secondary N) is 2. The summed E-state index contributed by atoms with van der Waals surface area (Å²) in [5, 5.41) is 17.1. The number of rotatable bonds is 6. The van der Waals surface area contributed by atoms with E-state index < -0.39 is 5.41 Å². The summed E-state index contributed by atoms with van der Waals surface area (Å²) in [4.78, 5) is 11.5. The Morgan fingerprint density at radius 3 is 2.56 bits per heavy atom. The fourth-order valence-corrected chi connectivity index (χ4v) is 1.22. The van der Waals surface area contributed by atoms with Gasteiger partial charge in [0.05, 0.1) is 5.41 Å². The van der Waals surface area contributed by atoms with E-state index in [1.54, 1.807) is 7.05 Å². The van der Waals surface area contributed by atoms with E-state index in [0.717, 1.165) is 0 Å². The highest BCUT2D eigenvalue weighted by Crippen LogP contribution is 2.13. The molecule has 0 radical (unpaired) electrons. The first-order valence-electron chi connectivity index (χ1n) is 5.25. The molecule has 0 spiro atoms. The fraction of sp³-hybridized carbons (Fsp3) is 0.800. The maximum atomic E-state index is 11.5. The normalized spacial score (nSPS) is 14.6. The highest BCUT2D eigenvalue weighted by Gasteiger charge is 2.26. The molecule has 0 aromatic rings. The average Bonchev–Trinajstić information content (AvgIpc) is 2.26. The average molecular weight is 230 g/mol. The van der Waals surface area contributed by atoms with Gasteiger partial charge in [-0.3, -0.25) is 4.79 Å². The topological polar surface area (TPSA) is 99.7 Å². The van der Waals surface area contributed by atoms with E-state index >= 15 is 0 Å². The van der Waals surface area contributed by atoms with E-state index in [1.165, 1.54) is 0 Å². The molecule has 0 bridgehead atoms. The standard InChI is InChI=1S/C10H22N4O2/c1-7(8(11)14-16)5-13-6-10(2,3)9(15)12-4/h7,13,16H,5-6H2,1-4H3,(H2,11,14)(H,12,15). The lowest BCUT2D eigenvalue weighted by atomic mass is 9.92. The fourth-order valence-electron chi connectivity index (χ4n) is 1.22. The van der Waals surface area contributed by atoms with Gasteiger partial charge in [-0.15, -0.1) is 0 Å². The Morgan fingerprint density at radius 2 is 2.12 bits per heavy atom. The first kappa shape index (κ1) is 14.7. The maximum absolute atomic E-state index is 11.5. The molecule has 0 aromatic carbocycles. The van der Waals surface area contributed by atoms with Gasteiger partial charge in [-0.1, -0.05) is 12.1 Å². The zero-order valence-electron chi connectivity index (χ0n) is 10.4. The van der Waals surface area contributed by atoms with Gasteiger partial charge in [0.15, 0.2) is 0 Å². The minimum absolute atomic E-state index is 0.0172. The highest BCUT2D eigenvalue weighted by molar-refractivity contribution is 5.82. The summed E-state index contributed by atoms with van der Waals surface area (Å²) >= 11 is 0. The van der Waals surface area contributed by atoms with E-state index in [2.05, 4.69) is 15.8 Å². The van der Waals surface area contributed by atoms with Crippen molar-refractivity contribution in [2.75, 3.05) is 20.1 Å². The van der Waals surface area contributed by atoms with Gasteiger partial charge in [0, 0.05) is 26.1 Å². The van der Waals surface area contributed by atoms with Crippen LogP contribution >= 0.6 is 0 Å². The van der Waals surface area contributed by atoms with Crippen molar-refractivity contribution in [2.24, 2.45) is 22.2 Å². The summed E-state index contributed by atoms with van der Waals surface area (Å²) in [5.74, 6) is 0.104. The van der Waals surface area contributed by atoms with Crippen LogP contribution in [0.15, 0.2) is 5.16 Å². The minimum atomic E-state index is -0.473. The van der Waals surface area contributed by atoms with Crippen LogP contribution in [0.4, 0.5) is 0 Å². The third-order valence-corrected chi connectivity index (χ3v) is 2.48. The molecule has 6 nitrogen and oxygen atoms in total. The van der Waals surface area contributed by atoms with Crippen molar-refractivity contribution in [1.82, 2.24) is 10.6 Å². The van der Waals surface area contributed by atoms with Crippen LogP contribution in [-0.4, -0.2) is 37.1 Å². The molecule has 16 heavy (non-hydrogen) atoms. The van der Waals surface area contributed by atoms with Crippen LogP contribution in [0.5, 0.6) is 0 Å². The summed E-state index contributed by atoms with van der Waals surface area (Å²) in [5.41, 5.74) is 4.96. The van der Waals surface area contributed by atoms with Gasteiger partial charge >= 0.3 is 0 Å². The van der Waals surface area contributed by atoms with E-state index in [0.29, 0.717) is 13.1 Å². The smallest absolute Gasteiger partial charge is 0.226 e. The summed E-state index contributed by atoms with van der Waals surface area (Å²) in [6.45, 7) is 6.65. The number of amides is 1. The molecule has 5 N–H and O–H groups in total. The first-order valence-corrected chi connectivity index (χ1v) is 5.25. The Balaban J connectivity index is 4.03. The van der Waals surface area contributed by atoms with Crippen molar-refractivity contribution >= 4 is 11.7 Å². The van der Waals surface area contributed by atoms with Gasteiger partial charge in [-0.2, -0.15) is 0 Å². The number of hydrogen-bond acceptors (Lipinski definition) is 4. The van der Waals surface area contributed by atoms with Crippen molar-refractivity contribution < 1.29 is 10.0 Å². The van der Waals surface area contributed by atoms with E-state index in [9.17, 15) is 4.79 Å². The van der Waals surface area contributed by atoms with Crippen LogP contribution in [0.2, 0.25) is 0 Å². The molecule has 0 saturated carbocycles. The summed E-state index contributed by atoms with van der Waals surface area (Å²) in [6, 6.07) is 0. The molecule has 0 aliphatic heterocycles. The number of hydrogen-bond donors (Lipinski definition) is 4. The highest BCUT2D eigenvalue weighted by atomic mass is 16.4. The first-order chi connectivity index (χ1) is 7.35. The van der Waals surface area contributed by atoms with Crippen molar-refractivity contribution in [3.63, 3.8) is 0 Å². The minimum Gasteiger partial charge on any atom is -0.409 e. The van der Waals surface area contributed by atoms with Crippen LogP contribution in [0.3, 0.4) is 0 Å². The molecular formula is C10H22N4O2. The maximum Gasteiger partial charge on any atom is 0.226 e. The lowest BCUT2D eigenvalue weighted by molar-refractivity contribution is -0.128. The Labute approximate surface area is 96.3 Å². The van der Waals surface area contributed by atoms with Crippen molar-refractivity contribution in [1.29, 1.82) is 0 Å². The molecule has 1 unspecified atom stereocenters. The number of oxime groups is 1. The SMILES string of the molecule is CNC(=O)C(C)(C)CNCC(C)C(N)=NO. The Bertz CT molecular complexity index is 264. The lowest BCUT2D eigenvalue weighted by Crippen LogP contribution is -2.44. The second kappa shape index (κ2) is 6.32. The molecule has 6 heteroatoms. The number of amidine groups is 1. The molecule has 0 fully saturated rings. The molecule has 1 atom stereocenters. The number of carbonyl (C=O) groups excluding carboxylic acids is 1. The van der Waals surface area contributed by atoms with Crippen molar-refractivity contribution in [3.05, 3.63) is 0 Å². The Kier molecular flexibility index (Phi) is 5.81. The molecule has 94 valence electrons. The van der Waals surface area contributed by atoms with Gasteiger partial charge in [0.1, 0.15) is 5.84 Å². The van der Waals surface area contributed by atoms with Crippen LogP contribution in [-0.2, 0) is 4.79 Å². The zero-order valence-corrected chi connectivity index (χ0v) is 10.4. The molecular weight excluding hydrogens is 208 g/mol. The predicted molar refractivity (Wildman–Crippen MR) is 63.3 cm³/mol. The summed E-state index contributed by atoms with van der Waals surface area (Å²) in [6.07, 6.45) is 0. The van der Waals surface area contributed by atoms with Gasteiger partial charge < -0.3 is 21.6 Å². The molecule has 0 aliphatic rings. The van der Waals surface area contributed by atoms with Crippen LogP contribution in [0, 0.1) is 11.3 Å². The Hall–Kier alpha value is -1.30. The number of carbonyl (C=O) groups is 1. The van der Waals surface area contributed by atoms with Gasteiger partial charge in [0.25, 0.3) is 0 Å². The molecule has 0 heterocycles. The quantitative estimate of drug-likeness (QED) is 0.218. The van der Waals surface area contributed by atoms with Crippen LogP contribution < -0.4 is 16.4 Å². The van der Waals surface area contributed by atoms with Crippen LogP contribution in [0.1, 0.15) is 20.8 Å². The van der Waals surface area contributed by atoms with Crippen molar-refractivity contribution in [2.45, 2.75) is 20.8 Å². The van der Waals surface area contributed by atoms with Crippen LogP contribution in [0.25, 0.3) is 0 Å². The Morgan fingerprint density at radius 1 is 1.56 bits per heavy atom. The zero-order chi connectivity index (χ0) is 12.8. The van der Waals surface area contributed by atoms with Crippen molar-refractivity contribution in [3.8, 4) is 0 Å². The third-order valence-electron chi connectivity index (χ3n) is 2.48. The third kappa shape index (κ3) is 4.48. The molecule has 1 amide bonds. The lowest BCUT2D eigenvalue weighted by Gasteiger charge is -2.23. The molecule has 0 aliphatic carbocycles. The van der Waals surface area contributed by atoms with E-state index in [1.807, 2.05) is 20.8 Å². The van der Waals surface area contributed by atoms with E-state index in [4.69, 9.17) is 10.9 Å².